The highest BCUT2D eigenvalue weighted by molar-refractivity contribution is 5.34. The Morgan fingerprint density at radius 2 is 2.22 bits per heavy atom. The maximum atomic E-state index is 10.6. The molecule has 5 heteroatoms. The van der Waals surface area contributed by atoms with Crippen molar-refractivity contribution in [3.8, 4) is 0 Å². The van der Waals surface area contributed by atoms with E-state index in [1.807, 2.05) is 25.1 Å². The van der Waals surface area contributed by atoms with Crippen LogP contribution in [0.25, 0.3) is 0 Å². The molecule has 18 heavy (non-hydrogen) atoms. The molecule has 2 aromatic rings. The third kappa shape index (κ3) is 2.95. The monoisotopic (exact) mass is 246 g/mol. The summed E-state index contributed by atoms with van der Waals surface area (Å²) in [7, 11) is 0. The molecule has 0 spiro atoms. The second kappa shape index (κ2) is 5.46. The zero-order valence-corrected chi connectivity index (χ0v) is 10.00. The van der Waals surface area contributed by atoms with Crippen LogP contribution in [0.15, 0.2) is 47.1 Å². The summed E-state index contributed by atoms with van der Waals surface area (Å²) in [6, 6.07) is 10.4. The number of hydrogen-bond donors (Lipinski definition) is 1. The van der Waals surface area contributed by atoms with E-state index in [1.54, 1.807) is 18.4 Å². The molecule has 2 rings (SSSR count). The van der Waals surface area contributed by atoms with Crippen molar-refractivity contribution in [2.75, 3.05) is 0 Å². The van der Waals surface area contributed by atoms with Crippen LogP contribution in [0.5, 0.6) is 0 Å². The fourth-order valence-corrected chi connectivity index (χ4v) is 1.69. The zero-order chi connectivity index (χ0) is 13.0. The normalized spacial score (nSPS) is 12.3. The van der Waals surface area contributed by atoms with Gasteiger partial charge in [0.05, 0.1) is 17.2 Å². The average Bonchev–Trinajstić information content (AvgIpc) is 2.90. The van der Waals surface area contributed by atoms with Crippen LogP contribution in [-0.2, 0) is 6.54 Å². The van der Waals surface area contributed by atoms with Crippen LogP contribution in [0.4, 0.5) is 5.69 Å². The first-order valence-electron chi connectivity index (χ1n) is 5.67. The van der Waals surface area contributed by atoms with Crippen molar-refractivity contribution in [2.45, 2.75) is 19.5 Å². The summed E-state index contributed by atoms with van der Waals surface area (Å²) in [6.07, 6.45) is 1.63. The molecule has 1 unspecified atom stereocenters. The molecule has 1 aromatic heterocycles. The summed E-state index contributed by atoms with van der Waals surface area (Å²) in [4.78, 5) is 10.3. The van der Waals surface area contributed by atoms with Crippen LogP contribution in [-0.4, -0.2) is 4.92 Å². The van der Waals surface area contributed by atoms with Crippen molar-refractivity contribution in [3.63, 3.8) is 0 Å². The van der Waals surface area contributed by atoms with Gasteiger partial charge in [0, 0.05) is 18.7 Å². The van der Waals surface area contributed by atoms with E-state index < -0.39 is 0 Å². The van der Waals surface area contributed by atoms with Gasteiger partial charge in [-0.15, -0.1) is 0 Å². The molecular formula is C13H14N2O3. The van der Waals surface area contributed by atoms with Gasteiger partial charge in [0.15, 0.2) is 0 Å². The number of nitro benzene ring substituents is 1. The van der Waals surface area contributed by atoms with E-state index in [0.717, 1.165) is 11.3 Å². The topological polar surface area (TPSA) is 68.3 Å². The predicted molar refractivity (Wildman–Crippen MR) is 67.1 cm³/mol. The lowest BCUT2D eigenvalue weighted by atomic mass is 10.2. The lowest BCUT2D eigenvalue weighted by Crippen LogP contribution is -2.17. The van der Waals surface area contributed by atoms with Crippen LogP contribution in [0, 0.1) is 10.1 Å². The van der Waals surface area contributed by atoms with Crippen molar-refractivity contribution in [1.82, 2.24) is 5.32 Å². The highest BCUT2D eigenvalue weighted by Gasteiger charge is 2.09. The summed E-state index contributed by atoms with van der Waals surface area (Å²) in [6.45, 7) is 2.54. The second-order valence-corrected chi connectivity index (χ2v) is 4.05. The number of hydrogen-bond acceptors (Lipinski definition) is 4. The number of nitro groups is 1. The highest BCUT2D eigenvalue weighted by Crippen LogP contribution is 2.16. The van der Waals surface area contributed by atoms with Gasteiger partial charge < -0.3 is 9.73 Å². The van der Waals surface area contributed by atoms with Crippen molar-refractivity contribution in [1.29, 1.82) is 0 Å². The molecule has 5 nitrogen and oxygen atoms in total. The van der Waals surface area contributed by atoms with Crippen molar-refractivity contribution >= 4 is 5.69 Å². The molecular weight excluding hydrogens is 232 g/mol. The summed E-state index contributed by atoms with van der Waals surface area (Å²) >= 11 is 0. The standard InChI is InChI=1S/C13H14N2O3/c1-10(13-6-3-7-18-13)14-9-11-4-2-5-12(8-11)15(16)17/h2-8,10,14H,9H2,1H3. The molecule has 0 bridgehead atoms. The van der Waals surface area contributed by atoms with E-state index in [2.05, 4.69) is 5.32 Å². The maximum absolute atomic E-state index is 10.6. The van der Waals surface area contributed by atoms with Crippen molar-refractivity contribution in [2.24, 2.45) is 0 Å². The molecule has 0 aliphatic carbocycles. The Hall–Kier alpha value is -2.14. The van der Waals surface area contributed by atoms with E-state index in [4.69, 9.17) is 4.42 Å². The van der Waals surface area contributed by atoms with E-state index in [1.165, 1.54) is 6.07 Å². The van der Waals surface area contributed by atoms with Crippen molar-refractivity contribution < 1.29 is 9.34 Å². The third-order valence-electron chi connectivity index (χ3n) is 2.70. The molecule has 0 saturated heterocycles. The van der Waals surface area contributed by atoms with Crippen LogP contribution >= 0.6 is 0 Å². The number of rotatable bonds is 5. The Morgan fingerprint density at radius 3 is 2.89 bits per heavy atom. The number of benzene rings is 1. The van der Waals surface area contributed by atoms with Crippen LogP contribution < -0.4 is 5.32 Å². The van der Waals surface area contributed by atoms with Crippen LogP contribution in [0.3, 0.4) is 0 Å². The molecule has 94 valence electrons. The average molecular weight is 246 g/mol. The van der Waals surface area contributed by atoms with Crippen molar-refractivity contribution in [3.05, 3.63) is 64.1 Å². The van der Waals surface area contributed by atoms with Gasteiger partial charge >= 0.3 is 0 Å². The summed E-state index contributed by atoms with van der Waals surface area (Å²) in [5.74, 6) is 0.848. The molecule has 0 aliphatic rings. The van der Waals surface area contributed by atoms with Crippen LogP contribution in [0.1, 0.15) is 24.3 Å². The molecule has 1 atom stereocenters. The lowest BCUT2D eigenvalue weighted by Gasteiger charge is -2.11. The minimum atomic E-state index is -0.389. The Labute approximate surface area is 105 Å². The number of furan rings is 1. The van der Waals surface area contributed by atoms with Gasteiger partial charge in [-0.2, -0.15) is 0 Å². The Bertz CT molecular complexity index is 523. The first-order valence-corrected chi connectivity index (χ1v) is 5.67. The third-order valence-corrected chi connectivity index (χ3v) is 2.70. The first-order chi connectivity index (χ1) is 8.66. The summed E-state index contributed by atoms with van der Waals surface area (Å²) in [5.41, 5.74) is 0.988. The Balaban J connectivity index is 1.98. The van der Waals surface area contributed by atoms with Gasteiger partial charge in [-0.1, -0.05) is 12.1 Å². The second-order valence-electron chi connectivity index (χ2n) is 4.05. The molecule has 0 aliphatic heterocycles. The highest BCUT2D eigenvalue weighted by atomic mass is 16.6. The van der Waals surface area contributed by atoms with Gasteiger partial charge in [0.2, 0.25) is 0 Å². The van der Waals surface area contributed by atoms with Gasteiger partial charge in [-0.05, 0) is 24.6 Å². The fraction of sp³-hybridized carbons (Fsp3) is 0.231. The summed E-state index contributed by atoms with van der Waals surface area (Å²) in [5, 5.41) is 13.9. The largest absolute Gasteiger partial charge is 0.468 e. The van der Waals surface area contributed by atoms with E-state index in [-0.39, 0.29) is 16.7 Å². The number of nitrogens with one attached hydrogen (secondary N) is 1. The van der Waals surface area contributed by atoms with Crippen LogP contribution in [0.2, 0.25) is 0 Å². The molecule has 0 fully saturated rings. The molecule has 1 aromatic carbocycles. The quantitative estimate of drug-likeness (QED) is 0.650. The van der Waals surface area contributed by atoms with Gasteiger partial charge in [0.1, 0.15) is 5.76 Å². The smallest absolute Gasteiger partial charge is 0.269 e. The molecule has 1 N–H and O–H groups in total. The maximum Gasteiger partial charge on any atom is 0.269 e. The molecule has 0 radical (unpaired) electrons. The molecule has 1 heterocycles. The zero-order valence-electron chi connectivity index (χ0n) is 10.00. The number of nitrogens with zero attached hydrogens (tertiary/aromatic N) is 1. The summed E-state index contributed by atoms with van der Waals surface area (Å²) < 4.78 is 5.27. The fourth-order valence-electron chi connectivity index (χ4n) is 1.69. The number of non-ortho nitro benzene ring substituents is 1. The van der Waals surface area contributed by atoms with E-state index >= 15 is 0 Å². The Kier molecular flexibility index (Phi) is 3.74. The lowest BCUT2D eigenvalue weighted by molar-refractivity contribution is -0.384. The first kappa shape index (κ1) is 12.3. The minimum Gasteiger partial charge on any atom is -0.468 e. The van der Waals surface area contributed by atoms with Gasteiger partial charge in [0.25, 0.3) is 5.69 Å². The SMILES string of the molecule is CC(NCc1cccc([N+](=O)[O-])c1)c1ccco1. The molecule has 0 amide bonds. The van der Waals surface area contributed by atoms with Gasteiger partial charge in [-0.25, -0.2) is 0 Å². The molecule has 0 saturated carbocycles. The Morgan fingerprint density at radius 1 is 1.39 bits per heavy atom. The van der Waals surface area contributed by atoms with E-state index in [9.17, 15) is 10.1 Å². The minimum absolute atomic E-state index is 0.0688. The predicted octanol–water partition coefficient (Wildman–Crippen LogP) is 3.04. The van der Waals surface area contributed by atoms with Gasteiger partial charge in [-0.3, -0.25) is 10.1 Å². The van der Waals surface area contributed by atoms with E-state index in [0.29, 0.717) is 6.54 Å².